The molecule has 0 aliphatic heterocycles. The third kappa shape index (κ3) is 2.33. The van der Waals surface area contributed by atoms with Crippen LogP contribution in [0, 0.1) is 0 Å². The minimum atomic E-state index is -0.613. The van der Waals surface area contributed by atoms with E-state index in [2.05, 4.69) is 5.10 Å². The Hall–Kier alpha value is -1.95. The van der Waals surface area contributed by atoms with Crippen LogP contribution >= 0.6 is 11.3 Å². The normalized spacial score (nSPS) is 10.3. The second kappa shape index (κ2) is 5.14. The van der Waals surface area contributed by atoms with Crippen LogP contribution in [0.2, 0.25) is 0 Å². The minimum Gasteiger partial charge on any atom is -0.462 e. The molecule has 0 spiro atoms. The Morgan fingerprint density at radius 1 is 1.56 bits per heavy atom. The van der Waals surface area contributed by atoms with Gasteiger partial charge in [-0.25, -0.2) is 9.48 Å². The second-order valence-corrected chi connectivity index (χ2v) is 4.52. The molecule has 0 saturated heterocycles. The summed E-state index contributed by atoms with van der Waals surface area (Å²) in [4.78, 5) is 24.4. The molecule has 6 heteroatoms. The second-order valence-electron chi connectivity index (χ2n) is 3.57. The standard InChI is InChI=1S/C12H12N2O3S/c1-3-17-12(16)8-7-9(10-5-4-6-18-10)13-14(2)11(8)15/h4-7H,3H2,1-2H3. The van der Waals surface area contributed by atoms with E-state index in [0.717, 1.165) is 9.56 Å². The fourth-order valence-electron chi connectivity index (χ4n) is 1.51. The quantitative estimate of drug-likeness (QED) is 0.791. The van der Waals surface area contributed by atoms with Crippen molar-refractivity contribution in [1.82, 2.24) is 9.78 Å². The van der Waals surface area contributed by atoms with Crippen LogP contribution in [0.4, 0.5) is 0 Å². The SMILES string of the molecule is CCOC(=O)c1cc(-c2cccs2)nn(C)c1=O. The van der Waals surface area contributed by atoms with Crippen LogP contribution in [0.15, 0.2) is 28.4 Å². The van der Waals surface area contributed by atoms with E-state index in [-0.39, 0.29) is 12.2 Å². The van der Waals surface area contributed by atoms with Gasteiger partial charge in [-0.15, -0.1) is 11.3 Å². The molecule has 0 bridgehead atoms. The number of aryl methyl sites for hydroxylation is 1. The monoisotopic (exact) mass is 264 g/mol. The Labute approximate surface area is 108 Å². The molecule has 0 fully saturated rings. The molecule has 18 heavy (non-hydrogen) atoms. The molecular formula is C12H12N2O3S. The molecule has 2 aromatic rings. The largest absolute Gasteiger partial charge is 0.462 e. The van der Waals surface area contributed by atoms with E-state index >= 15 is 0 Å². The summed E-state index contributed by atoms with van der Waals surface area (Å²) in [6, 6.07) is 5.25. The van der Waals surface area contributed by atoms with Gasteiger partial charge in [0.2, 0.25) is 0 Å². The smallest absolute Gasteiger partial charge is 0.343 e. The number of carbonyl (C=O) groups excluding carboxylic acids is 1. The van der Waals surface area contributed by atoms with Crippen molar-refractivity contribution < 1.29 is 9.53 Å². The van der Waals surface area contributed by atoms with Gasteiger partial charge in [0.05, 0.1) is 11.5 Å². The molecule has 0 aliphatic carbocycles. The number of rotatable bonds is 3. The van der Waals surface area contributed by atoms with E-state index < -0.39 is 11.5 Å². The molecule has 0 saturated carbocycles. The van der Waals surface area contributed by atoms with Crippen LogP contribution in [0.3, 0.4) is 0 Å². The summed E-state index contributed by atoms with van der Waals surface area (Å²) in [6.45, 7) is 1.93. The summed E-state index contributed by atoms with van der Waals surface area (Å²) in [5, 5.41) is 6.03. The van der Waals surface area contributed by atoms with Gasteiger partial charge >= 0.3 is 5.97 Å². The summed E-state index contributed by atoms with van der Waals surface area (Å²) < 4.78 is 6.01. The minimum absolute atomic E-state index is 0.0118. The van der Waals surface area contributed by atoms with Crippen LogP contribution in [-0.2, 0) is 11.8 Å². The third-order valence-electron chi connectivity index (χ3n) is 2.33. The van der Waals surface area contributed by atoms with Crippen molar-refractivity contribution in [2.24, 2.45) is 7.05 Å². The van der Waals surface area contributed by atoms with E-state index in [9.17, 15) is 9.59 Å². The number of nitrogens with zero attached hydrogens (tertiary/aromatic N) is 2. The van der Waals surface area contributed by atoms with Gasteiger partial charge in [-0.3, -0.25) is 4.79 Å². The zero-order chi connectivity index (χ0) is 13.1. The van der Waals surface area contributed by atoms with Gasteiger partial charge in [0.15, 0.2) is 0 Å². The van der Waals surface area contributed by atoms with Crippen LogP contribution in [0.5, 0.6) is 0 Å². The maximum Gasteiger partial charge on any atom is 0.343 e. The first kappa shape index (κ1) is 12.5. The lowest BCUT2D eigenvalue weighted by atomic mass is 10.2. The number of hydrogen-bond donors (Lipinski definition) is 0. The van der Waals surface area contributed by atoms with Gasteiger partial charge in [0.25, 0.3) is 5.56 Å². The van der Waals surface area contributed by atoms with Gasteiger partial charge in [0.1, 0.15) is 11.3 Å². The molecule has 0 atom stereocenters. The van der Waals surface area contributed by atoms with Crippen molar-refractivity contribution in [3.05, 3.63) is 39.5 Å². The molecule has 5 nitrogen and oxygen atoms in total. The Morgan fingerprint density at radius 3 is 2.94 bits per heavy atom. The summed E-state index contributed by atoms with van der Waals surface area (Å²) >= 11 is 1.49. The van der Waals surface area contributed by atoms with Crippen molar-refractivity contribution in [2.75, 3.05) is 6.61 Å². The fourth-order valence-corrected chi connectivity index (χ4v) is 2.19. The number of esters is 1. The summed E-state index contributed by atoms with van der Waals surface area (Å²) in [6.07, 6.45) is 0. The van der Waals surface area contributed by atoms with Crippen molar-refractivity contribution in [3.63, 3.8) is 0 Å². The number of thiophene rings is 1. The molecule has 0 aliphatic rings. The molecule has 0 aromatic carbocycles. The van der Waals surface area contributed by atoms with E-state index in [4.69, 9.17) is 4.74 Å². The lowest BCUT2D eigenvalue weighted by Gasteiger charge is -2.05. The van der Waals surface area contributed by atoms with Gasteiger partial charge in [-0.05, 0) is 24.4 Å². The maximum atomic E-state index is 11.8. The average molecular weight is 264 g/mol. The number of aromatic nitrogens is 2. The first-order valence-electron chi connectivity index (χ1n) is 5.43. The van der Waals surface area contributed by atoms with Gasteiger partial charge in [0, 0.05) is 7.05 Å². The molecule has 0 amide bonds. The highest BCUT2D eigenvalue weighted by Crippen LogP contribution is 2.22. The third-order valence-corrected chi connectivity index (χ3v) is 3.22. The molecule has 0 radical (unpaired) electrons. The van der Waals surface area contributed by atoms with Crippen molar-refractivity contribution >= 4 is 17.3 Å². The van der Waals surface area contributed by atoms with Crippen molar-refractivity contribution in [3.8, 4) is 10.6 Å². The highest BCUT2D eigenvalue weighted by molar-refractivity contribution is 7.13. The number of carbonyl (C=O) groups is 1. The number of ether oxygens (including phenoxy) is 1. The Kier molecular flexibility index (Phi) is 3.57. The Balaban J connectivity index is 2.53. The number of hydrogen-bond acceptors (Lipinski definition) is 5. The van der Waals surface area contributed by atoms with Gasteiger partial charge in [-0.2, -0.15) is 5.10 Å². The topological polar surface area (TPSA) is 61.2 Å². The van der Waals surface area contributed by atoms with E-state index in [0.29, 0.717) is 5.69 Å². The maximum absolute atomic E-state index is 11.8. The summed E-state index contributed by atoms with van der Waals surface area (Å²) in [5.41, 5.74) is 0.154. The molecular weight excluding hydrogens is 252 g/mol. The fraction of sp³-hybridized carbons (Fsp3) is 0.250. The van der Waals surface area contributed by atoms with Crippen molar-refractivity contribution in [2.45, 2.75) is 6.92 Å². The average Bonchev–Trinajstić information content (AvgIpc) is 2.86. The van der Waals surface area contributed by atoms with E-state index in [1.807, 2.05) is 17.5 Å². The highest BCUT2D eigenvalue weighted by Gasteiger charge is 2.16. The van der Waals surface area contributed by atoms with Crippen LogP contribution in [0.25, 0.3) is 10.6 Å². The molecule has 2 aromatic heterocycles. The predicted octanol–water partition coefficient (Wildman–Crippen LogP) is 1.69. The molecule has 0 unspecified atom stereocenters. The first-order chi connectivity index (χ1) is 8.63. The lowest BCUT2D eigenvalue weighted by Crippen LogP contribution is -2.27. The van der Waals surface area contributed by atoms with E-state index in [1.165, 1.54) is 24.5 Å². The van der Waals surface area contributed by atoms with Crippen LogP contribution in [0.1, 0.15) is 17.3 Å². The lowest BCUT2D eigenvalue weighted by molar-refractivity contribution is 0.0523. The van der Waals surface area contributed by atoms with Crippen LogP contribution < -0.4 is 5.56 Å². The summed E-state index contributed by atoms with van der Waals surface area (Å²) in [7, 11) is 1.52. The highest BCUT2D eigenvalue weighted by atomic mass is 32.1. The van der Waals surface area contributed by atoms with E-state index in [1.54, 1.807) is 6.92 Å². The first-order valence-corrected chi connectivity index (χ1v) is 6.30. The Morgan fingerprint density at radius 2 is 2.33 bits per heavy atom. The molecule has 94 valence electrons. The predicted molar refractivity (Wildman–Crippen MR) is 68.7 cm³/mol. The molecule has 2 rings (SSSR count). The zero-order valence-electron chi connectivity index (χ0n) is 10.0. The molecule has 0 N–H and O–H groups in total. The summed E-state index contributed by atoms with van der Waals surface area (Å²) in [5.74, 6) is -0.613. The zero-order valence-corrected chi connectivity index (χ0v) is 10.9. The van der Waals surface area contributed by atoms with Crippen molar-refractivity contribution in [1.29, 1.82) is 0 Å². The van der Waals surface area contributed by atoms with Crippen LogP contribution in [-0.4, -0.2) is 22.4 Å². The molecule has 2 heterocycles. The Bertz CT molecular complexity index is 617. The van der Waals surface area contributed by atoms with Gasteiger partial charge in [-0.1, -0.05) is 6.07 Å². The van der Waals surface area contributed by atoms with Gasteiger partial charge < -0.3 is 4.74 Å².